The lowest BCUT2D eigenvalue weighted by atomic mass is 10.1. The quantitative estimate of drug-likeness (QED) is 0.822. The predicted molar refractivity (Wildman–Crippen MR) is 81.0 cm³/mol. The molecule has 0 radical (unpaired) electrons. The highest BCUT2D eigenvalue weighted by Crippen LogP contribution is 2.20. The molecule has 2 rings (SSSR count). The Morgan fingerprint density at radius 3 is 2.33 bits per heavy atom. The molecule has 24 heavy (non-hydrogen) atoms. The van der Waals surface area contributed by atoms with Gasteiger partial charge in [0.15, 0.2) is 17.5 Å². The van der Waals surface area contributed by atoms with E-state index in [2.05, 4.69) is 10.4 Å². The van der Waals surface area contributed by atoms with E-state index in [9.17, 15) is 23.1 Å². The number of aliphatic hydroxyl groups excluding tert-OH is 1. The highest BCUT2D eigenvalue weighted by atomic mass is 19.2. The molecule has 2 aromatic rings. The Balaban J connectivity index is 2.26. The Kier molecular flexibility index (Phi) is 5.28. The highest BCUT2D eigenvalue weighted by Gasteiger charge is 2.22. The molecule has 0 aliphatic heterocycles. The summed E-state index contributed by atoms with van der Waals surface area (Å²) in [6.45, 7) is 4.92. The van der Waals surface area contributed by atoms with Gasteiger partial charge in [0.2, 0.25) is 0 Å². The smallest absolute Gasteiger partial charge is 0.255 e. The predicted octanol–water partition coefficient (Wildman–Crippen LogP) is 2.65. The van der Waals surface area contributed by atoms with Crippen molar-refractivity contribution in [2.45, 2.75) is 32.9 Å². The monoisotopic (exact) mass is 341 g/mol. The number of nitrogens with one attached hydrogen (secondary N) is 1. The number of halogens is 3. The molecule has 2 N–H and O–H groups in total. The second-order valence-corrected chi connectivity index (χ2v) is 5.69. The van der Waals surface area contributed by atoms with E-state index in [0.717, 1.165) is 12.1 Å². The van der Waals surface area contributed by atoms with Crippen molar-refractivity contribution in [1.82, 2.24) is 15.1 Å². The summed E-state index contributed by atoms with van der Waals surface area (Å²) < 4.78 is 41.3. The summed E-state index contributed by atoms with van der Waals surface area (Å²) in [7, 11) is 0. The van der Waals surface area contributed by atoms with Crippen LogP contribution < -0.4 is 5.32 Å². The van der Waals surface area contributed by atoms with E-state index in [1.54, 1.807) is 11.6 Å². The van der Waals surface area contributed by atoms with Crippen molar-refractivity contribution in [3.63, 3.8) is 0 Å². The van der Waals surface area contributed by atoms with Crippen molar-refractivity contribution in [3.8, 4) is 0 Å². The zero-order valence-corrected chi connectivity index (χ0v) is 13.5. The van der Waals surface area contributed by atoms with E-state index in [4.69, 9.17) is 0 Å². The number of hydrogen-bond acceptors (Lipinski definition) is 3. The Bertz CT molecular complexity index is 736. The van der Waals surface area contributed by atoms with Crippen LogP contribution in [0.25, 0.3) is 0 Å². The van der Waals surface area contributed by atoms with Crippen molar-refractivity contribution in [2.75, 3.05) is 6.61 Å². The molecule has 0 saturated heterocycles. The molecule has 1 aromatic heterocycles. The number of benzene rings is 1. The van der Waals surface area contributed by atoms with Crippen LogP contribution in [0.1, 0.15) is 47.5 Å². The van der Waals surface area contributed by atoms with Crippen molar-refractivity contribution in [3.05, 3.63) is 52.6 Å². The van der Waals surface area contributed by atoms with Gasteiger partial charge in [-0.15, -0.1) is 0 Å². The number of nitrogens with zero attached hydrogens (tertiary/aromatic N) is 2. The first-order chi connectivity index (χ1) is 11.3. The van der Waals surface area contributed by atoms with E-state index >= 15 is 0 Å². The summed E-state index contributed by atoms with van der Waals surface area (Å²) in [5, 5.41) is 16.0. The van der Waals surface area contributed by atoms with Gasteiger partial charge in [-0.05, 0) is 38.5 Å². The van der Waals surface area contributed by atoms with Gasteiger partial charge in [-0.3, -0.25) is 9.48 Å². The molecule has 0 aliphatic rings. The molecular formula is C16H18F3N3O2. The van der Waals surface area contributed by atoms with Crippen LogP contribution in [0.5, 0.6) is 0 Å². The third-order valence-electron chi connectivity index (χ3n) is 3.67. The third kappa shape index (κ3) is 3.43. The average Bonchev–Trinajstić information content (AvgIpc) is 2.91. The zero-order valence-electron chi connectivity index (χ0n) is 13.5. The van der Waals surface area contributed by atoms with Gasteiger partial charge in [-0.2, -0.15) is 5.10 Å². The van der Waals surface area contributed by atoms with Gasteiger partial charge in [0.05, 0.1) is 24.4 Å². The maximum Gasteiger partial charge on any atom is 0.255 e. The van der Waals surface area contributed by atoms with E-state index in [1.165, 1.54) is 6.20 Å². The normalized spacial score (nSPS) is 12.5. The highest BCUT2D eigenvalue weighted by molar-refractivity contribution is 5.95. The minimum absolute atomic E-state index is 0.0560. The standard InChI is InChI=1S/C16H18F3N3O2/c1-8(2)22-9(3)11(6-20-22)16(24)21-14(7-23)10-4-12(17)15(19)13(18)5-10/h4-6,8,14,23H,7H2,1-3H3,(H,21,24). The molecule has 1 heterocycles. The van der Waals surface area contributed by atoms with E-state index in [0.29, 0.717) is 5.69 Å². The molecule has 1 aromatic carbocycles. The molecular weight excluding hydrogens is 323 g/mol. The number of rotatable bonds is 5. The van der Waals surface area contributed by atoms with E-state index < -0.39 is 36.0 Å². The first-order valence-corrected chi connectivity index (χ1v) is 7.36. The maximum absolute atomic E-state index is 13.3. The number of carbonyl (C=O) groups is 1. The van der Waals surface area contributed by atoms with Crippen LogP contribution in [0.2, 0.25) is 0 Å². The molecule has 0 bridgehead atoms. The molecule has 8 heteroatoms. The molecule has 130 valence electrons. The minimum atomic E-state index is -1.60. The topological polar surface area (TPSA) is 67.2 Å². The first-order valence-electron chi connectivity index (χ1n) is 7.36. The van der Waals surface area contributed by atoms with Gasteiger partial charge in [0.25, 0.3) is 5.91 Å². The van der Waals surface area contributed by atoms with Crippen LogP contribution in [-0.2, 0) is 0 Å². The number of aromatic nitrogens is 2. The maximum atomic E-state index is 13.3. The summed E-state index contributed by atoms with van der Waals surface area (Å²) in [6.07, 6.45) is 1.38. The van der Waals surface area contributed by atoms with Gasteiger partial charge >= 0.3 is 0 Å². The number of hydrogen-bond donors (Lipinski definition) is 2. The van der Waals surface area contributed by atoms with Crippen LogP contribution in [0.15, 0.2) is 18.3 Å². The number of carbonyl (C=O) groups excluding carboxylic acids is 1. The SMILES string of the molecule is Cc1c(C(=O)NC(CO)c2cc(F)c(F)c(F)c2)cnn1C(C)C. The Morgan fingerprint density at radius 1 is 1.29 bits per heavy atom. The number of aliphatic hydroxyl groups is 1. The third-order valence-corrected chi connectivity index (χ3v) is 3.67. The second-order valence-electron chi connectivity index (χ2n) is 5.69. The Morgan fingerprint density at radius 2 is 1.88 bits per heavy atom. The molecule has 5 nitrogen and oxygen atoms in total. The summed E-state index contributed by atoms with van der Waals surface area (Å²) in [5.74, 6) is -4.93. The Labute approximate surface area is 137 Å². The molecule has 0 fully saturated rings. The van der Waals surface area contributed by atoms with Gasteiger partial charge in [-0.1, -0.05) is 0 Å². The first kappa shape index (κ1) is 18.0. The molecule has 0 spiro atoms. The Hall–Kier alpha value is -2.35. The molecule has 1 amide bonds. The molecule has 0 aliphatic carbocycles. The van der Waals surface area contributed by atoms with Crippen molar-refractivity contribution in [1.29, 1.82) is 0 Å². The van der Waals surface area contributed by atoms with Gasteiger partial charge in [0, 0.05) is 11.7 Å². The summed E-state index contributed by atoms with van der Waals surface area (Å²) in [6, 6.07) is 0.456. The van der Waals surface area contributed by atoms with Crippen LogP contribution in [0.4, 0.5) is 13.2 Å². The fourth-order valence-electron chi connectivity index (χ4n) is 2.41. The molecule has 0 saturated carbocycles. The lowest BCUT2D eigenvalue weighted by molar-refractivity contribution is 0.0915. The van der Waals surface area contributed by atoms with Crippen LogP contribution in [0.3, 0.4) is 0 Å². The summed E-state index contributed by atoms with van der Waals surface area (Å²) >= 11 is 0. The fraction of sp³-hybridized carbons (Fsp3) is 0.375. The lowest BCUT2D eigenvalue weighted by Gasteiger charge is -2.17. The van der Waals surface area contributed by atoms with Crippen LogP contribution >= 0.6 is 0 Å². The fourth-order valence-corrected chi connectivity index (χ4v) is 2.41. The van der Waals surface area contributed by atoms with E-state index in [1.807, 2.05) is 13.8 Å². The molecule has 1 unspecified atom stereocenters. The molecule has 1 atom stereocenters. The van der Waals surface area contributed by atoms with E-state index in [-0.39, 0.29) is 17.2 Å². The summed E-state index contributed by atoms with van der Waals surface area (Å²) in [5.41, 5.74) is 0.831. The van der Waals surface area contributed by atoms with Crippen molar-refractivity contribution >= 4 is 5.91 Å². The van der Waals surface area contributed by atoms with Crippen LogP contribution in [-0.4, -0.2) is 27.4 Å². The minimum Gasteiger partial charge on any atom is -0.394 e. The van der Waals surface area contributed by atoms with Crippen molar-refractivity contribution < 1.29 is 23.1 Å². The second kappa shape index (κ2) is 7.04. The van der Waals surface area contributed by atoms with Gasteiger partial charge < -0.3 is 10.4 Å². The van der Waals surface area contributed by atoms with Gasteiger partial charge in [0.1, 0.15) is 0 Å². The zero-order chi connectivity index (χ0) is 18.0. The lowest BCUT2D eigenvalue weighted by Crippen LogP contribution is -2.31. The number of amides is 1. The van der Waals surface area contributed by atoms with Crippen molar-refractivity contribution in [2.24, 2.45) is 0 Å². The largest absolute Gasteiger partial charge is 0.394 e. The summed E-state index contributed by atoms with van der Waals surface area (Å²) in [4.78, 5) is 12.3. The average molecular weight is 341 g/mol. The van der Waals surface area contributed by atoms with Crippen LogP contribution in [0, 0.1) is 24.4 Å². The van der Waals surface area contributed by atoms with Gasteiger partial charge in [-0.25, -0.2) is 13.2 Å².